The maximum absolute atomic E-state index is 6.18. The molecule has 0 aliphatic rings. The molecule has 0 spiro atoms. The van der Waals surface area contributed by atoms with Gasteiger partial charge in [-0.1, -0.05) is 35.9 Å². The highest BCUT2D eigenvalue weighted by molar-refractivity contribution is 7.99. The van der Waals surface area contributed by atoms with Crippen LogP contribution in [0.3, 0.4) is 0 Å². The number of benzene rings is 2. The third-order valence-electron chi connectivity index (χ3n) is 2.83. The summed E-state index contributed by atoms with van der Waals surface area (Å²) in [5, 5.41) is 0.615. The van der Waals surface area contributed by atoms with E-state index in [1.54, 1.807) is 11.8 Å². The molecule has 4 heteroatoms. The molecule has 1 atom stereocenters. The van der Waals surface area contributed by atoms with Gasteiger partial charge in [0.1, 0.15) is 5.75 Å². The zero-order chi connectivity index (χ0) is 14.4. The fourth-order valence-corrected chi connectivity index (χ4v) is 2.74. The first-order valence-electron chi connectivity index (χ1n) is 6.52. The minimum atomic E-state index is -0.0183. The van der Waals surface area contributed by atoms with Crippen molar-refractivity contribution < 1.29 is 4.74 Å². The first-order chi connectivity index (χ1) is 9.66. The first-order valence-corrected chi connectivity index (χ1v) is 7.89. The lowest BCUT2D eigenvalue weighted by Crippen LogP contribution is -2.05. The van der Waals surface area contributed by atoms with Crippen LogP contribution < -0.4 is 10.5 Å². The lowest BCUT2D eigenvalue weighted by Gasteiger charge is -2.11. The van der Waals surface area contributed by atoms with Gasteiger partial charge in [-0.15, -0.1) is 11.8 Å². The fraction of sp³-hybridized carbons (Fsp3) is 0.250. The average Bonchev–Trinajstić information content (AvgIpc) is 2.46. The molecule has 0 saturated heterocycles. The van der Waals surface area contributed by atoms with Crippen molar-refractivity contribution in [3.8, 4) is 5.75 Å². The number of thioether (sulfide) groups is 1. The highest BCUT2D eigenvalue weighted by atomic mass is 35.5. The normalized spacial score (nSPS) is 12.2. The Labute approximate surface area is 129 Å². The second kappa shape index (κ2) is 7.58. The summed E-state index contributed by atoms with van der Waals surface area (Å²) in [5.74, 6) is 1.60. The van der Waals surface area contributed by atoms with Crippen LogP contribution in [-0.4, -0.2) is 12.4 Å². The van der Waals surface area contributed by atoms with Crippen molar-refractivity contribution in [2.75, 3.05) is 12.4 Å². The van der Waals surface area contributed by atoms with Gasteiger partial charge in [-0.25, -0.2) is 0 Å². The van der Waals surface area contributed by atoms with E-state index in [0.717, 1.165) is 11.3 Å². The molecule has 20 heavy (non-hydrogen) atoms. The number of nitrogens with two attached hydrogens (primary N) is 1. The minimum absolute atomic E-state index is 0.0183. The third kappa shape index (κ3) is 4.44. The highest BCUT2D eigenvalue weighted by Gasteiger charge is 2.05. The Kier molecular flexibility index (Phi) is 5.77. The van der Waals surface area contributed by atoms with Crippen molar-refractivity contribution in [1.29, 1.82) is 0 Å². The van der Waals surface area contributed by atoms with Crippen LogP contribution in [-0.2, 0) is 0 Å². The molecule has 1 unspecified atom stereocenters. The van der Waals surface area contributed by atoms with E-state index in [1.165, 1.54) is 4.90 Å². The maximum atomic E-state index is 6.18. The molecule has 0 heterocycles. The summed E-state index contributed by atoms with van der Waals surface area (Å²) in [6.45, 7) is 2.56. The molecule has 2 aromatic rings. The van der Waals surface area contributed by atoms with Gasteiger partial charge in [0.05, 0.1) is 11.6 Å². The van der Waals surface area contributed by atoms with Gasteiger partial charge in [-0.2, -0.15) is 0 Å². The van der Waals surface area contributed by atoms with E-state index >= 15 is 0 Å². The molecule has 2 aromatic carbocycles. The molecule has 0 amide bonds. The molecule has 0 saturated carbocycles. The topological polar surface area (TPSA) is 35.2 Å². The Hall–Kier alpha value is -1.16. The van der Waals surface area contributed by atoms with E-state index in [9.17, 15) is 0 Å². The predicted molar refractivity (Wildman–Crippen MR) is 86.7 cm³/mol. The van der Waals surface area contributed by atoms with Crippen LogP contribution in [0.1, 0.15) is 18.5 Å². The largest absolute Gasteiger partial charge is 0.491 e. The van der Waals surface area contributed by atoms with E-state index < -0.39 is 0 Å². The monoisotopic (exact) mass is 307 g/mol. The van der Waals surface area contributed by atoms with Crippen molar-refractivity contribution in [3.63, 3.8) is 0 Å². The van der Waals surface area contributed by atoms with Gasteiger partial charge in [-0.3, -0.25) is 0 Å². The molecule has 106 valence electrons. The molecular weight excluding hydrogens is 290 g/mol. The summed E-state index contributed by atoms with van der Waals surface area (Å²) in [5.41, 5.74) is 6.83. The average molecular weight is 308 g/mol. The van der Waals surface area contributed by atoms with Gasteiger partial charge in [0.2, 0.25) is 0 Å². The molecule has 0 radical (unpaired) electrons. The number of ether oxygens (including phenoxy) is 1. The molecule has 0 aliphatic carbocycles. The molecule has 0 bridgehead atoms. The van der Waals surface area contributed by atoms with E-state index in [4.69, 9.17) is 22.1 Å². The smallest absolute Gasteiger partial charge is 0.137 e. The van der Waals surface area contributed by atoms with Gasteiger partial charge < -0.3 is 10.5 Å². The van der Waals surface area contributed by atoms with Crippen LogP contribution in [0.5, 0.6) is 5.75 Å². The number of hydrogen-bond donors (Lipinski definition) is 1. The van der Waals surface area contributed by atoms with Gasteiger partial charge in [-0.05, 0) is 36.8 Å². The van der Waals surface area contributed by atoms with E-state index in [-0.39, 0.29) is 6.04 Å². The number of rotatable bonds is 6. The highest BCUT2D eigenvalue weighted by Crippen LogP contribution is 2.27. The molecule has 0 aliphatic heterocycles. The third-order valence-corrected chi connectivity index (χ3v) is 4.11. The van der Waals surface area contributed by atoms with E-state index in [2.05, 4.69) is 12.1 Å². The second-order valence-corrected chi connectivity index (χ2v) is 6.06. The summed E-state index contributed by atoms with van der Waals surface area (Å²) in [6.07, 6.45) is 0. The zero-order valence-corrected chi connectivity index (χ0v) is 13.0. The molecule has 2 rings (SSSR count). The van der Waals surface area contributed by atoms with Crippen LogP contribution in [0.4, 0.5) is 0 Å². The van der Waals surface area contributed by atoms with Crippen molar-refractivity contribution in [2.45, 2.75) is 17.9 Å². The molecule has 2 nitrogen and oxygen atoms in total. The van der Waals surface area contributed by atoms with Crippen molar-refractivity contribution in [2.24, 2.45) is 5.73 Å². The number of hydrogen-bond acceptors (Lipinski definition) is 3. The van der Waals surface area contributed by atoms with Crippen LogP contribution >= 0.6 is 23.4 Å². The summed E-state index contributed by atoms with van der Waals surface area (Å²) in [6, 6.07) is 16.0. The molecular formula is C16H18ClNOS. The summed E-state index contributed by atoms with van der Waals surface area (Å²) in [4.78, 5) is 1.24. The second-order valence-electron chi connectivity index (χ2n) is 4.49. The summed E-state index contributed by atoms with van der Waals surface area (Å²) >= 11 is 7.95. The lowest BCUT2D eigenvalue weighted by atomic mass is 10.1. The lowest BCUT2D eigenvalue weighted by molar-refractivity contribution is 0.344. The fourth-order valence-electron chi connectivity index (χ4n) is 1.75. The van der Waals surface area contributed by atoms with Crippen LogP contribution in [0.15, 0.2) is 53.4 Å². The Morgan fingerprint density at radius 3 is 2.60 bits per heavy atom. The van der Waals surface area contributed by atoms with Gasteiger partial charge in [0.15, 0.2) is 0 Å². The van der Waals surface area contributed by atoms with E-state index in [0.29, 0.717) is 17.4 Å². The minimum Gasteiger partial charge on any atom is -0.491 e. The standard InChI is InChI=1S/C16H18ClNOS/c1-12(18)13-7-8-16(15(17)11-13)19-9-10-20-14-5-3-2-4-6-14/h2-8,11-12H,9-10,18H2,1H3. The van der Waals surface area contributed by atoms with Crippen molar-refractivity contribution >= 4 is 23.4 Å². The van der Waals surface area contributed by atoms with Crippen molar-refractivity contribution in [3.05, 3.63) is 59.1 Å². The zero-order valence-electron chi connectivity index (χ0n) is 11.4. The Morgan fingerprint density at radius 2 is 1.95 bits per heavy atom. The Morgan fingerprint density at radius 1 is 1.20 bits per heavy atom. The Balaban J connectivity index is 1.82. The predicted octanol–water partition coefficient (Wildman–Crippen LogP) is 4.53. The SMILES string of the molecule is CC(N)c1ccc(OCCSc2ccccc2)c(Cl)c1. The van der Waals surface area contributed by atoms with Crippen molar-refractivity contribution in [1.82, 2.24) is 0 Å². The quantitative estimate of drug-likeness (QED) is 0.629. The number of halogens is 1. The van der Waals surface area contributed by atoms with Crippen LogP contribution in [0, 0.1) is 0 Å². The van der Waals surface area contributed by atoms with Crippen LogP contribution in [0.2, 0.25) is 5.02 Å². The molecule has 0 fully saturated rings. The van der Waals surface area contributed by atoms with Gasteiger partial charge >= 0.3 is 0 Å². The first kappa shape index (κ1) is 15.2. The molecule has 0 aromatic heterocycles. The Bertz CT molecular complexity index is 545. The van der Waals surface area contributed by atoms with Crippen LogP contribution in [0.25, 0.3) is 0 Å². The van der Waals surface area contributed by atoms with Gasteiger partial charge in [0, 0.05) is 16.7 Å². The molecule has 2 N–H and O–H groups in total. The maximum Gasteiger partial charge on any atom is 0.137 e. The van der Waals surface area contributed by atoms with E-state index in [1.807, 2.05) is 43.3 Å². The summed E-state index contributed by atoms with van der Waals surface area (Å²) in [7, 11) is 0. The van der Waals surface area contributed by atoms with Gasteiger partial charge in [0.25, 0.3) is 0 Å². The summed E-state index contributed by atoms with van der Waals surface area (Å²) < 4.78 is 5.70.